The smallest absolute Gasteiger partial charge is 0.309 e. The Morgan fingerprint density at radius 1 is 1.69 bits per heavy atom. The van der Waals surface area contributed by atoms with Gasteiger partial charge in [0.2, 0.25) is 0 Å². The first-order chi connectivity index (χ1) is 6.12. The van der Waals surface area contributed by atoms with E-state index in [0.29, 0.717) is 6.42 Å². The summed E-state index contributed by atoms with van der Waals surface area (Å²) in [6.07, 6.45) is 2.23. The first-order valence-corrected chi connectivity index (χ1v) is 5.34. The summed E-state index contributed by atoms with van der Waals surface area (Å²) in [5.74, 6) is -0.671. The van der Waals surface area contributed by atoms with Gasteiger partial charge in [-0.05, 0) is 36.3 Å². The number of hydrogen-bond acceptors (Lipinski definition) is 2. The number of halogens is 1. The van der Waals surface area contributed by atoms with E-state index in [2.05, 4.69) is 0 Å². The monoisotopic (exact) mass is 216 g/mol. The van der Waals surface area contributed by atoms with Crippen molar-refractivity contribution in [3.05, 3.63) is 21.3 Å². The normalized spacial score (nSPS) is 18.5. The molecule has 1 fully saturated rings. The second-order valence-electron chi connectivity index (χ2n) is 3.52. The second-order valence-corrected chi connectivity index (χ2v) is 5.06. The predicted molar refractivity (Wildman–Crippen MR) is 52.3 cm³/mol. The Morgan fingerprint density at radius 3 is 2.77 bits per heavy atom. The lowest BCUT2D eigenvalue weighted by atomic mass is 9.99. The van der Waals surface area contributed by atoms with Crippen LogP contribution in [-0.4, -0.2) is 11.1 Å². The van der Waals surface area contributed by atoms with Crippen molar-refractivity contribution < 1.29 is 9.90 Å². The highest BCUT2D eigenvalue weighted by Crippen LogP contribution is 2.49. The summed E-state index contributed by atoms with van der Waals surface area (Å²) in [5.41, 5.74) is 0.583. The van der Waals surface area contributed by atoms with Gasteiger partial charge in [-0.2, -0.15) is 0 Å². The van der Waals surface area contributed by atoms with E-state index < -0.39 is 11.4 Å². The minimum absolute atomic E-state index is 0.468. The molecule has 1 aliphatic rings. The van der Waals surface area contributed by atoms with Crippen LogP contribution in [-0.2, 0) is 11.2 Å². The van der Waals surface area contributed by atoms with E-state index in [9.17, 15) is 4.79 Å². The van der Waals surface area contributed by atoms with Crippen LogP contribution in [0.2, 0.25) is 4.34 Å². The van der Waals surface area contributed by atoms with Crippen molar-refractivity contribution in [2.45, 2.75) is 19.3 Å². The summed E-state index contributed by atoms with van der Waals surface area (Å²) in [4.78, 5) is 10.9. The van der Waals surface area contributed by atoms with Crippen LogP contribution >= 0.6 is 22.9 Å². The highest BCUT2D eigenvalue weighted by atomic mass is 35.5. The first kappa shape index (κ1) is 9.03. The van der Waals surface area contributed by atoms with E-state index in [0.717, 1.165) is 22.7 Å². The second kappa shape index (κ2) is 3.00. The van der Waals surface area contributed by atoms with Crippen molar-refractivity contribution in [3.63, 3.8) is 0 Å². The van der Waals surface area contributed by atoms with Crippen LogP contribution in [0.25, 0.3) is 0 Å². The van der Waals surface area contributed by atoms with E-state index >= 15 is 0 Å². The van der Waals surface area contributed by atoms with Crippen molar-refractivity contribution in [1.82, 2.24) is 0 Å². The van der Waals surface area contributed by atoms with Crippen molar-refractivity contribution in [1.29, 1.82) is 0 Å². The lowest BCUT2D eigenvalue weighted by Crippen LogP contribution is -2.17. The van der Waals surface area contributed by atoms with Gasteiger partial charge in [-0.25, -0.2) is 0 Å². The first-order valence-electron chi connectivity index (χ1n) is 4.09. The number of rotatable bonds is 3. The van der Waals surface area contributed by atoms with Crippen LogP contribution in [0.5, 0.6) is 0 Å². The molecular formula is C9H9ClO2S. The van der Waals surface area contributed by atoms with Gasteiger partial charge in [0, 0.05) is 0 Å². The zero-order valence-corrected chi connectivity index (χ0v) is 8.49. The van der Waals surface area contributed by atoms with Crippen molar-refractivity contribution in [2.75, 3.05) is 0 Å². The summed E-state index contributed by atoms with van der Waals surface area (Å²) in [6, 6.07) is 1.86. The molecule has 0 unspecified atom stereocenters. The number of thiophene rings is 1. The predicted octanol–water partition coefficient (Wildman–Crippen LogP) is 2.81. The maximum absolute atomic E-state index is 10.9. The molecule has 1 aromatic rings. The average Bonchev–Trinajstić information content (AvgIpc) is 2.72. The molecule has 0 bridgehead atoms. The van der Waals surface area contributed by atoms with Gasteiger partial charge in [-0.1, -0.05) is 11.6 Å². The fraction of sp³-hybridized carbons (Fsp3) is 0.444. The number of aliphatic carboxylic acids is 1. The maximum atomic E-state index is 10.9. The number of carboxylic acid groups (broad SMARTS) is 1. The third-order valence-electron chi connectivity index (χ3n) is 2.47. The summed E-state index contributed by atoms with van der Waals surface area (Å²) in [5, 5.41) is 10.9. The number of hydrogen-bond donors (Lipinski definition) is 1. The van der Waals surface area contributed by atoms with Gasteiger partial charge in [0.1, 0.15) is 0 Å². The molecule has 0 amide bonds. The number of carbonyl (C=O) groups is 1. The molecule has 70 valence electrons. The fourth-order valence-electron chi connectivity index (χ4n) is 1.45. The molecule has 0 atom stereocenters. The Kier molecular flexibility index (Phi) is 2.08. The third-order valence-corrected chi connectivity index (χ3v) is 3.61. The zero-order valence-electron chi connectivity index (χ0n) is 6.92. The van der Waals surface area contributed by atoms with Gasteiger partial charge >= 0.3 is 5.97 Å². The van der Waals surface area contributed by atoms with E-state index in [-0.39, 0.29) is 0 Å². The number of carboxylic acids is 1. The molecule has 2 rings (SSSR count). The maximum Gasteiger partial charge on any atom is 0.309 e. The van der Waals surface area contributed by atoms with Gasteiger partial charge in [0.25, 0.3) is 0 Å². The van der Waals surface area contributed by atoms with Crippen LogP contribution < -0.4 is 0 Å². The Bertz CT molecular complexity index is 341. The Morgan fingerprint density at radius 2 is 2.38 bits per heavy atom. The summed E-state index contributed by atoms with van der Waals surface area (Å²) in [7, 11) is 0. The molecule has 0 spiro atoms. The minimum atomic E-state index is -0.671. The van der Waals surface area contributed by atoms with Crippen LogP contribution in [0.3, 0.4) is 0 Å². The van der Waals surface area contributed by atoms with E-state index in [1.54, 1.807) is 0 Å². The van der Waals surface area contributed by atoms with E-state index in [1.165, 1.54) is 11.3 Å². The molecule has 4 heteroatoms. The van der Waals surface area contributed by atoms with Crippen LogP contribution in [0, 0.1) is 5.41 Å². The molecule has 1 aromatic heterocycles. The van der Waals surface area contributed by atoms with Crippen molar-refractivity contribution in [2.24, 2.45) is 5.41 Å². The van der Waals surface area contributed by atoms with Crippen molar-refractivity contribution >= 4 is 28.9 Å². The molecule has 1 heterocycles. The van der Waals surface area contributed by atoms with Gasteiger partial charge in [-0.15, -0.1) is 11.3 Å². The third kappa shape index (κ3) is 1.71. The summed E-state index contributed by atoms with van der Waals surface area (Å²) < 4.78 is 0.733. The van der Waals surface area contributed by atoms with Crippen LogP contribution in [0.15, 0.2) is 11.4 Å². The molecule has 0 saturated heterocycles. The minimum Gasteiger partial charge on any atom is -0.481 e. The average molecular weight is 217 g/mol. The molecular weight excluding hydrogens is 208 g/mol. The highest BCUT2D eigenvalue weighted by Gasteiger charge is 2.50. The van der Waals surface area contributed by atoms with Gasteiger partial charge < -0.3 is 5.11 Å². The topological polar surface area (TPSA) is 37.3 Å². The summed E-state index contributed by atoms with van der Waals surface area (Å²) >= 11 is 7.22. The molecule has 0 aromatic carbocycles. The zero-order chi connectivity index (χ0) is 9.47. The van der Waals surface area contributed by atoms with Gasteiger partial charge in [0.15, 0.2) is 0 Å². The Labute approximate surface area is 85.1 Å². The van der Waals surface area contributed by atoms with E-state index in [4.69, 9.17) is 16.7 Å². The van der Waals surface area contributed by atoms with Gasteiger partial charge in [-0.3, -0.25) is 4.79 Å². The summed E-state index contributed by atoms with van der Waals surface area (Å²) in [6.45, 7) is 0. The lowest BCUT2D eigenvalue weighted by molar-refractivity contribution is -0.143. The van der Waals surface area contributed by atoms with Gasteiger partial charge in [0.05, 0.1) is 9.75 Å². The van der Waals surface area contributed by atoms with Crippen LogP contribution in [0.4, 0.5) is 0 Å². The molecule has 2 nitrogen and oxygen atoms in total. The SMILES string of the molecule is O=C(O)C1(Cc2csc(Cl)c2)CC1. The molecule has 1 N–H and O–H groups in total. The highest BCUT2D eigenvalue weighted by molar-refractivity contribution is 7.14. The van der Waals surface area contributed by atoms with Crippen molar-refractivity contribution in [3.8, 4) is 0 Å². The van der Waals surface area contributed by atoms with E-state index in [1.807, 2.05) is 11.4 Å². The fourth-order valence-corrected chi connectivity index (χ4v) is 2.35. The molecule has 0 aliphatic heterocycles. The Balaban J connectivity index is 2.10. The molecule has 0 radical (unpaired) electrons. The molecule has 13 heavy (non-hydrogen) atoms. The Hall–Kier alpha value is -0.540. The molecule has 1 aliphatic carbocycles. The van der Waals surface area contributed by atoms with Crippen LogP contribution in [0.1, 0.15) is 18.4 Å². The molecule has 1 saturated carbocycles. The largest absolute Gasteiger partial charge is 0.481 e. The quantitative estimate of drug-likeness (QED) is 0.844. The standard InChI is InChI=1S/C9H9ClO2S/c10-7-3-6(5-13-7)4-9(1-2-9)8(11)12/h3,5H,1-2,4H2,(H,11,12). The lowest BCUT2D eigenvalue weighted by Gasteiger charge is -2.06.